The molecule has 1 nitrogen and oxygen atoms in total. The summed E-state index contributed by atoms with van der Waals surface area (Å²) in [5, 5.41) is 7.00. The van der Waals surface area contributed by atoms with Crippen LogP contribution in [0.1, 0.15) is 17.3 Å². The van der Waals surface area contributed by atoms with Crippen molar-refractivity contribution in [2.45, 2.75) is 11.8 Å². The van der Waals surface area contributed by atoms with Gasteiger partial charge in [0.25, 0.3) is 0 Å². The summed E-state index contributed by atoms with van der Waals surface area (Å²) >= 11 is 3.48. The van der Waals surface area contributed by atoms with Gasteiger partial charge >= 0.3 is 0 Å². The van der Waals surface area contributed by atoms with Crippen molar-refractivity contribution >= 4 is 15.9 Å². The van der Waals surface area contributed by atoms with Crippen molar-refractivity contribution in [1.29, 1.82) is 0 Å². The number of aliphatic hydroxyl groups excluding tert-OH is 1. The maximum absolute atomic E-state index is 7.00. The molecule has 0 bridgehead atoms. The Morgan fingerprint density at radius 1 is 1.18 bits per heavy atom. The molecule has 0 saturated carbocycles. The topological polar surface area (TPSA) is 20.2 Å². The molecule has 1 aromatic carbocycles. The number of alkyl halides is 1. The largest absolute Gasteiger partial charge is 0.400 e. The molecule has 0 fully saturated rings. The molecule has 62 valence electrons. The quantitative estimate of drug-likeness (QED) is 0.717. The first-order valence-electron chi connectivity index (χ1n) is 3.44. The van der Waals surface area contributed by atoms with Crippen LogP contribution in [0.25, 0.3) is 0 Å². The zero-order chi connectivity index (χ0) is 8.69. The molecule has 1 N–H and O–H groups in total. The number of rotatable bonds is 1. The van der Waals surface area contributed by atoms with Gasteiger partial charge < -0.3 is 5.11 Å². The number of benzene rings is 1. The molecule has 1 unspecified atom stereocenters. The summed E-state index contributed by atoms with van der Waals surface area (Å²) in [5.41, 5.74) is 1.33. The van der Waals surface area contributed by atoms with E-state index in [1.54, 1.807) is 0 Å². The molecule has 1 aromatic rings. The molecule has 0 saturated heterocycles. The fourth-order valence-electron chi connectivity index (χ4n) is 0.718. The predicted molar refractivity (Wildman–Crippen MR) is 51.9 cm³/mol. The highest BCUT2D eigenvalue weighted by molar-refractivity contribution is 9.09. The SMILES string of the molecule is CC(Br)c1ccccc1.CO. The van der Waals surface area contributed by atoms with Crippen LogP contribution in [0, 0.1) is 0 Å². The third-order valence-corrected chi connectivity index (χ3v) is 1.79. The molecule has 0 aromatic heterocycles. The van der Waals surface area contributed by atoms with Gasteiger partial charge in [0, 0.05) is 11.9 Å². The number of aliphatic hydroxyl groups is 1. The van der Waals surface area contributed by atoms with Crippen molar-refractivity contribution in [3.8, 4) is 0 Å². The summed E-state index contributed by atoms with van der Waals surface area (Å²) in [6.07, 6.45) is 0. The van der Waals surface area contributed by atoms with E-state index in [4.69, 9.17) is 5.11 Å². The van der Waals surface area contributed by atoms with Crippen molar-refractivity contribution in [3.63, 3.8) is 0 Å². The van der Waals surface area contributed by atoms with Crippen LogP contribution in [0.4, 0.5) is 0 Å². The standard InChI is InChI=1S/C8H9Br.CH4O/c1-7(9)8-5-3-2-4-6-8;1-2/h2-7H,1H3;2H,1H3. The minimum Gasteiger partial charge on any atom is -0.400 e. The van der Waals surface area contributed by atoms with Crippen LogP contribution in [0.15, 0.2) is 30.3 Å². The third kappa shape index (κ3) is 4.17. The van der Waals surface area contributed by atoms with E-state index in [-0.39, 0.29) is 0 Å². The van der Waals surface area contributed by atoms with Gasteiger partial charge in [-0.3, -0.25) is 0 Å². The van der Waals surface area contributed by atoms with E-state index in [0.29, 0.717) is 4.83 Å². The molecule has 0 aliphatic heterocycles. The van der Waals surface area contributed by atoms with Gasteiger partial charge in [0.15, 0.2) is 0 Å². The lowest BCUT2D eigenvalue weighted by Crippen LogP contribution is -1.79. The Labute approximate surface area is 76.2 Å². The fraction of sp³-hybridized carbons (Fsp3) is 0.333. The molecule has 1 rings (SSSR count). The van der Waals surface area contributed by atoms with E-state index >= 15 is 0 Å². The molecule has 11 heavy (non-hydrogen) atoms. The number of halogens is 1. The zero-order valence-corrected chi connectivity index (χ0v) is 8.38. The summed E-state index contributed by atoms with van der Waals surface area (Å²) in [7, 11) is 1.00. The van der Waals surface area contributed by atoms with Gasteiger partial charge in [0.2, 0.25) is 0 Å². The van der Waals surface area contributed by atoms with Crippen molar-refractivity contribution in [2.24, 2.45) is 0 Å². The highest BCUT2D eigenvalue weighted by Gasteiger charge is 1.95. The van der Waals surface area contributed by atoms with Gasteiger partial charge in [0.1, 0.15) is 0 Å². The Bertz CT molecular complexity index is 172. The van der Waals surface area contributed by atoms with E-state index < -0.39 is 0 Å². The first kappa shape index (κ1) is 10.7. The lowest BCUT2D eigenvalue weighted by molar-refractivity contribution is 0.399. The van der Waals surface area contributed by atoms with Crippen LogP contribution in [-0.2, 0) is 0 Å². The third-order valence-electron chi connectivity index (χ3n) is 1.26. The van der Waals surface area contributed by atoms with Crippen molar-refractivity contribution in [1.82, 2.24) is 0 Å². The fourth-order valence-corrected chi connectivity index (χ4v) is 1.02. The minimum atomic E-state index is 0.471. The molecule has 0 amide bonds. The van der Waals surface area contributed by atoms with Crippen LogP contribution in [0.3, 0.4) is 0 Å². The van der Waals surface area contributed by atoms with Gasteiger partial charge in [-0.1, -0.05) is 46.3 Å². The highest BCUT2D eigenvalue weighted by atomic mass is 79.9. The second-order valence-electron chi connectivity index (χ2n) is 2.03. The smallest absolute Gasteiger partial charge is 0.0367 e. The summed E-state index contributed by atoms with van der Waals surface area (Å²) in [6.45, 7) is 2.12. The summed E-state index contributed by atoms with van der Waals surface area (Å²) in [5.74, 6) is 0. The molecule has 0 heterocycles. The second kappa shape index (κ2) is 6.38. The maximum Gasteiger partial charge on any atom is 0.0367 e. The summed E-state index contributed by atoms with van der Waals surface area (Å²) < 4.78 is 0. The van der Waals surface area contributed by atoms with E-state index in [2.05, 4.69) is 35.0 Å². The summed E-state index contributed by atoms with van der Waals surface area (Å²) in [4.78, 5) is 0.471. The van der Waals surface area contributed by atoms with Crippen molar-refractivity contribution in [2.75, 3.05) is 7.11 Å². The van der Waals surface area contributed by atoms with Gasteiger partial charge in [-0.05, 0) is 12.5 Å². The van der Waals surface area contributed by atoms with E-state index in [9.17, 15) is 0 Å². The summed E-state index contributed by atoms with van der Waals surface area (Å²) in [6, 6.07) is 10.3. The molecular weight excluding hydrogens is 204 g/mol. The van der Waals surface area contributed by atoms with Crippen LogP contribution in [0.5, 0.6) is 0 Å². The second-order valence-corrected chi connectivity index (χ2v) is 3.40. The number of hydrogen-bond donors (Lipinski definition) is 1. The van der Waals surface area contributed by atoms with Gasteiger partial charge in [-0.15, -0.1) is 0 Å². The zero-order valence-electron chi connectivity index (χ0n) is 6.79. The van der Waals surface area contributed by atoms with Gasteiger partial charge in [-0.2, -0.15) is 0 Å². The minimum absolute atomic E-state index is 0.471. The van der Waals surface area contributed by atoms with E-state index in [1.807, 2.05) is 18.2 Å². The Balaban J connectivity index is 0.000000461. The van der Waals surface area contributed by atoms with Crippen LogP contribution < -0.4 is 0 Å². The van der Waals surface area contributed by atoms with E-state index in [1.165, 1.54) is 5.56 Å². The van der Waals surface area contributed by atoms with Gasteiger partial charge in [-0.25, -0.2) is 0 Å². The van der Waals surface area contributed by atoms with E-state index in [0.717, 1.165) is 7.11 Å². The Morgan fingerprint density at radius 2 is 1.64 bits per heavy atom. The molecular formula is C9H13BrO. The van der Waals surface area contributed by atoms with Crippen molar-refractivity contribution in [3.05, 3.63) is 35.9 Å². The van der Waals surface area contributed by atoms with Crippen LogP contribution in [0.2, 0.25) is 0 Å². The monoisotopic (exact) mass is 216 g/mol. The maximum atomic E-state index is 7.00. The van der Waals surface area contributed by atoms with Crippen LogP contribution in [-0.4, -0.2) is 12.2 Å². The predicted octanol–water partition coefficient (Wildman–Crippen LogP) is 2.75. The average molecular weight is 217 g/mol. The van der Waals surface area contributed by atoms with Crippen LogP contribution >= 0.6 is 15.9 Å². The first-order chi connectivity index (χ1) is 5.30. The van der Waals surface area contributed by atoms with Gasteiger partial charge in [0.05, 0.1) is 0 Å². The Morgan fingerprint density at radius 3 is 1.91 bits per heavy atom. The normalized spacial score (nSPS) is 11.3. The Hall–Kier alpha value is -0.340. The molecule has 0 aliphatic carbocycles. The molecule has 0 spiro atoms. The lowest BCUT2D eigenvalue weighted by Gasteiger charge is -1.99. The van der Waals surface area contributed by atoms with Crippen molar-refractivity contribution < 1.29 is 5.11 Å². The average Bonchev–Trinajstić information content (AvgIpc) is 2.10. The molecule has 1 atom stereocenters. The molecule has 2 heteroatoms. The molecule has 0 radical (unpaired) electrons. The Kier molecular flexibility index (Phi) is 6.18. The number of hydrogen-bond acceptors (Lipinski definition) is 1. The molecule has 0 aliphatic rings. The lowest BCUT2D eigenvalue weighted by atomic mass is 10.2. The first-order valence-corrected chi connectivity index (χ1v) is 4.36. The highest BCUT2D eigenvalue weighted by Crippen LogP contribution is 2.19.